The van der Waals surface area contributed by atoms with Crippen molar-refractivity contribution in [2.45, 2.75) is 11.3 Å². The van der Waals surface area contributed by atoms with E-state index in [9.17, 15) is 22.4 Å². The number of rotatable bonds is 4. The molecule has 0 radical (unpaired) electrons. The van der Waals surface area contributed by atoms with Gasteiger partial charge in [0.25, 0.3) is 5.82 Å². The number of thioether (sulfide) groups is 1. The van der Waals surface area contributed by atoms with Crippen molar-refractivity contribution < 1.29 is 22.4 Å². The summed E-state index contributed by atoms with van der Waals surface area (Å²) in [5.41, 5.74) is -0.0294. The number of nitrogens with one attached hydrogen (secondary N) is 1. The number of para-hydroxylation sites is 1. The van der Waals surface area contributed by atoms with Gasteiger partial charge in [-0.05, 0) is 12.1 Å². The Morgan fingerprint density at radius 3 is 2.59 bits per heavy atom. The lowest BCUT2D eigenvalue weighted by Crippen LogP contribution is -2.22. The van der Waals surface area contributed by atoms with Crippen LogP contribution in [0.15, 0.2) is 29.4 Å². The number of carbonyl (C=O) groups is 1. The molecule has 0 bridgehead atoms. The van der Waals surface area contributed by atoms with E-state index >= 15 is 0 Å². The number of amides is 1. The van der Waals surface area contributed by atoms with Crippen molar-refractivity contribution in [3.63, 3.8) is 0 Å². The molecule has 2 aromatic rings. The average Bonchev–Trinajstić information content (AvgIpc) is 2.80. The lowest BCUT2D eigenvalue weighted by atomic mass is 10.3. The molecule has 0 atom stereocenters. The molecule has 6 nitrogen and oxygen atoms in total. The van der Waals surface area contributed by atoms with E-state index in [1.165, 1.54) is 18.2 Å². The molecule has 0 spiro atoms. The minimum Gasteiger partial charge on any atom is -0.335 e. The predicted molar refractivity (Wildman–Crippen MR) is 70.9 cm³/mol. The summed E-state index contributed by atoms with van der Waals surface area (Å²) in [4.78, 5) is 11.6. The molecule has 1 aromatic carbocycles. The standard InChI is InChI=1S/C11H9F4N5OS/c12-6-3-1-2-4-7(6)17-8(21)5-22-10-19-18-9(20(10)16)11(13,14)15/h1-4H,5,16H2,(H,17,21). The number of hydrogen-bond acceptors (Lipinski definition) is 5. The molecule has 3 N–H and O–H groups in total. The fourth-order valence-corrected chi connectivity index (χ4v) is 2.10. The third kappa shape index (κ3) is 3.67. The van der Waals surface area contributed by atoms with E-state index in [1.54, 1.807) is 0 Å². The summed E-state index contributed by atoms with van der Waals surface area (Å²) in [5.74, 6) is 2.29. The van der Waals surface area contributed by atoms with E-state index in [2.05, 4.69) is 15.5 Å². The Morgan fingerprint density at radius 1 is 1.32 bits per heavy atom. The fraction of sp³-hybridized carbons (Fsp3) is 0.182. The average molecular weight is 335 g/mol. The molecule has 0 saturated heterocycles. The molecule has 0 aliphatic rings. The Bertz CT molecular complexity index is 687. The number of benzene rings is 1. The molecule has 1 amide bonds. The second kappa shape index (κ2) is 6.22. The van der Waals surface area contributed by atoms with Crippen LogP contribution in [0.25, 0.3) is 0 Å². The van der Waals surface area contributed by atoms with Gasteiger partial charge in [-0.15, -0.1) is 10.2 Å². The summed E-state index contributed by atoms with van der Waals surface area (Å²) in [6.07, 6.45) is -4.74. The van der Waals surface area contributed by atoms with Gasteiger partial charge in [0, 0.05) is 0 Å². The largest absolute Gasteiger partial charge is 0.453 e. The second-order valence-corrected chi connectivity index (χ2v) is 4.93. The van der Waals surface area contributed by atoms with Crippen molar-refractivity contribution >= 4 is 23.4 Å². The first kappa shape index (κ1) is 16.1. The van der Waals surface area contributed by atoms with E-state index in [0.717, 1.165) is 6.07 Å². The van der Waals surface area contributed by atoms with Crippen molar-refractivity contribution in [2.24, 2.45) is 0 Å². The quantitative estimate of drug-likeness (QED) is 0.506. The first-order valence-electron chi connectivity index (χ1n) is 5.74. The molecule has 2 rings (SSSR count). The number of nitrogen functional groups attached to an aromatic ring is 1. The van der Waals surface area contributed by atoms with Crippen molar-refractivity contribution in [2.75, 3.05) is 16.9 Å². The minimum absolute atomic E-state index is 0.0294. The van der Waals surface area contributed by atoms with Gasteiger partial charge in [0.05, 0.1) is 11.4 Å². The van der Waals surface area contributed by atoms with Gasteiger partial charge in [-0.3, -0.25) is 4.79 Å². The van der Waals surface area contributed by atoms with Crippen LogP contribution in [0.3, 0.4) is 0 Å². The van der Waals surface area contributed by atoms with Gasteiger partial charge in [-0.1, -0.05) is 23.9 Å². The molecular weight excluding hydrogens is 326 g/mol. The van der Waals surface area contributed by atoms with Crippen LogP contribution >= 0.6 is 11.8 Å². The highest BCUT2D eigenvalue weighted by Gasteiger charge is 2.38. The molecule has 1 aromatic heterocycles. The lowest BCUT2D eigenvalue weighted by Gasteiger charge is -2.07. The molecule has 0 aliphatic carbocycles. The molecule has 118 valence electrons. The summed E-state index contributed by atoms with van der Waals surface area (Å²) in [6, 6.07) is 5.49. The third-order valence-corrected chi connectivity index (χ3v) is 3.34. The van der Waals surface area contributed by atoms with Gasteiger partial charge in [-0.2, -0.15) is 13.2 Å². The topological polar surface area (TPSA) is 85.8 Å². The van der Waals surface area contributed by atoms with Crippen LogP contribution in [0.5, 0.6) is 0 Å². The zero-order valence-corrected chi connectivity index (χ0v) is 11.6. The molecule has 0 fully saturated rings. The van der Waals surface area contributed by atoms with Crippen molar-refractivity contribution in [3.05, 3.63) is 35.9 Å². The van der Waals surface area contributed by atoms with E-state index in [-0.39, 0.29) is 21.3 Å². The molecule has 0 aliphatic heterocycles. The van der Waals surface area contributed by atoms with Crippen LogP contribution < -0.4 is 11.2 Å². The Labute approximate surface area is 125 Å². The first-order valence-corrected chi connectivity index (χ1v) is 6.72. The molecule has 0 unspecified atom stereocenters. The molecule has 22 heavy (non-hydrogen) atoms. The van der Waals surface area contributed by atoms with E-state index < -0.39 is 23.7 Å². The number of anilines is 1. The van der Waals surface area contributed by atoms with Crippen LogP contribution in [-0.2, 0) is 11.0 Å². The summed E-state index contributed by atoms with van der Waals surface area (Å²) in [6.45, 7) is 0. The van der Waals surface area contributed by atoms with Crippen LogP contribution in [-0.4, -0.2) is 26.5 Å². The Morgan fingerprint density at radius 2 is 2.00 bits per heavy atom. The third-order valence-electron chi connectivity index (χ3n) is 2.40. The summed E-state index contributed by atoms with van der Waals surface area (Å²) < 4.78 is 50.9. The van der Waals surface area contributed by atoms with E-state index in [4.69, 9.17) is 5.84 Å². The van der Waals surface area contributed by atoms with Gasteiger partial charge >= 0.3 is 6.18 Å². The van der Waals surface area contributed by atoms with Gasteiger partial charge in [0.2, 0.25) is 11.1 Å². The van der Waals surface area contributed by atoms with Crippen molar-refractivity contribution in [3.8, 4) is 0 Å². The number of hydrogen-bond donors (Lipinski definition) is 2. The minimum atomic E-state index is -4.74. The number of nitrogens with zero attached hydrogens (tertiary/aromatic N) is 3. The summed E-state index contributed by atoms with van der Waals surface area (Å²) in [7, 11) is 0. The molecule has 0 saturated carbocycles. The number of halogens is 4. The predicted octanol–water partition coefficient (Wildman–Crippen LogP) is 1.88. The Balaban J connectivity index is 1.98. The Kier molecular flexibility index (Phi) is 4.54. The van der Waals surface area contributed by atoms with Gasteiger partial charge in [0.15, 0.2) is 0 Å². The van der Waals surface area contributed by atoms with Gasteiger partial charge in [-0.25, -0.2) is 9.07 Å². The highest BCUT2D eigenvalue weighted by Crippen LogP contribution is 2.28. The smallest absolute Gasteiger partial charge is 0.335 e. The zero-order chi connectivity index (χ0) is 16.3. The van der Waals surface area contributed by atoms with Crippen LogP contribution in [0.4, 0.5) is 23.2 Å². The monoisotopic (exact) mass is 335 g/mol. The van der Waals surface area contributed by atoms with Crippen LogP contribution in [0.1, 0.15) is 5.82 Å². The second-order valence-electron chi connectivity index (χ2n) is 3.99. The number of carbonyl (C=O) groups excluding carboxylic acids is 1. The maximum atomic E-state index is 13.3. The number of aromatic nitrogens is 3. The first-order chi connectivity index (χ1) is 10.3. The molecular formula is C11H9F4N5OS. The van der Waals surface area contributed by atoms with Crippen molar-refractivity contribution in [1.82, 2.24) is 14.9 Å². The normalized spacial score (nSPS) is 11.5. The van der Waals surface area contributed by atoms with Gasteiger partial charge < -0.3 is 11.2 Å². The highest BCUT2D eigenvalue weighted by molar-refractivity contribution is 7.99. The SMILES string of the molecule is Nn1c(SCC(=O)Nc2ccccc2F)nnc1C(F)(F)F. The van der Waals surface area contributed by atoms with Crippen LogP contribution in [0.2, 0.25) is 0 Å². The summed E-state index contributed by atoms with van der Waals surface area (Å²) in [5, 5.41) is 8.17. The van der Waals surface area contributed by atoms with Gasteiger partial charge in [0.1, 0.15) is 5.82 Å². The number of alkyl halides is 3. The van der Waals surface area contributed by atoms with Crippen LogP contribution in [0, 0.1) is 5.82 Å². The van der Waals surface area contributed by atoms with Crippen molar-refractivity contribution in [1.29, 1.82) is 0 Å². The van der Waals surface area contributed by atoms with E-state index in [1.807, 2.05) is 0 Å². The molecule has 11 heteroatoms. The summed E-state index contributed by atoms with van der Waals surface area (Å²) >= 11 is 0.647. The zero-order valence-electron chi connectivity index (χ0n) is 10.8. The Hall–Kier alpha value is -2.30. The lowest BCUT2D eigenvalue weighted by molar-refractivity contribution is -0.146. The fourth-order valence-electron chi connectivity index (χ4n) is 1.45. The highest BCUT2D eigenvalue weighted by atomic mass is 32.2. The van der Waals surface area contributed by atoms with E-state index in [0.29, 0.717) is 11.8 Å². The number of nitrogens with two attached hydrogens (primary N) is 1. The maximum absolute atomic E-state index is 13.3. The molecule has 1 heterocycles. The maximum Gasteiger partial charge on any atom is 0.453 e.